The van der Waals surface area contributed by atoms with Crippen LogP contribution in [0.3, 0.4) is 0 Å². The summed E-state index contributed by atoms with van der Waals surface area (Å²) in [6.07, 6.45) is -1.05. The number of fused-ring (bicyclic) bond motifs is 4. The Hall–Kier alpha value is -2.34. The molecule has 2 heterocycles. The summed E-state index contributed by atoms with van der Waals surface area (Å²) in [5, 5.41) is 0.374. The molecule has 0 spiro atoms. The Kier molecular flexibility index (Phi) is 3.85. The average molecular weight is 420 g/mol. The summed E-state index contributed by atoms with van der Waals surface area (Å²) in [4.78, 5) is 0.934. The monoisotopic (exact) mass is 419 g/mol. The second kappa shape index (κ2) is 6.08. The second-order valence-corrected chi connectivity index (χ2v) is 7.44. The number of halogens is 4. The molecule has 2 aliphatic rings. The molecule has 0 aliphatic carbocycles. The van der Waals surface area contributed by atoms with Crippen molar-refractivity contribution >= 4 is 28.9 Å². The summed E-state index contributed by atoms with van der Waals surface area (Å²) in [6.45, 7) is 0. The number of rotatable bonds is 2. The molecule has 3 aromatic rings. The maximum absolute atomic E-state index is 16.0. The number of alkyl halides is 2. The van der Waals surface area contributed by atoms with Gasteiger partial charge in [0.15, 0.2) is 6.23 Å². The van der Waals surface area contributed by atoms with Crippen molar-refractivity contribution in [2.75, 3.05) is 4.90 Å². The van der Waals surface area contributed by atoms with E-state index in [1.807, 2.05) is 0 Å². The summed E-state index contributed by atoms with van der Waals surface area (Å²) in [5.74, 6) is -2.09. The molecule has 2 bridgehead atoms. The normalized spacial score (nSPS) is 24.6. The Bertz CT molecular complexity index is 1060. The number of ether oxygens (including phenoxy) is 2. The van der Waals surface area contributed by atoms with Gasteiger partial charge in [0, 0.05) is 16.3 Å². The molecule has 7 heteroatoms. The number of nitrogens with zero attached hydrogens (tertiary/aromatic N) is 1. The van der Waals surface area contributed by atoms with Gasteiger partial charge < -0.3 is 9.47 Å². The molecule has 2 atom stereocenters. The third-order valence-corrected chi connectivity index (χ3v) is 5.52. The van der Waals surface area contributed by atoms with E-state index >= 15 is 8.78 Å². The van der Waals surface area contributed by atoms with Crippen molar-refractivity contribution in [3.8, 4) is 5.75 Å². The number of hydrogen-bond acceptors (Lipinski definition) is 3. The first kappa shape index (κ1) is 17.7. The first-order chi connectivity index (χ1) is 13.4. The smallest absolute Gasteiger partial charge is 0.397 e. The quantitative estimate of drug-likeness (QED) is 0.450. The summed E-state index contributed by atoms with van der Waals surface area (Å²) < 4.78 is 43.8. The average Bonchev–Trinajstić information content (AvgIpc) is 2.86. The Morgan fingerprint density at radius 1 is 0.893 bits per heavy atom. The fraction of sp³-hybridized carbons (Fsp3) is 0.143. The first-order valence-electron chi connectivity index (χ1n) is 8.57. The number of hydrogen-bond donors (Lipinski definition) is 0. The van der Waals surface area contributed by atoms with Gasteiger partial charge in [-0.1, -0.05) is 59.6 Å². The third kappa shape index (κ3) is 2.30. The standard InChI is InChI=1S/C21H13Cl2F2NO2/c22-13-10-11-16(17(23)12-13)20-21(24,25)26(14-6-2-1-3-7-14)19(28-20)15-8-4-5-9-18(15)27-20/h1-12,19H/t19-,20-/m0/s1. The highest BCUT2D eigenvalue weighted by atomic mass is 35.5. The molecule has 0 aromatic heterocycles. The van der Waals surface area contributed by atoms with Crippen molar-refractivity contribution in [1.82, 2.24) is 0 Å². The van der Waals surface area contributed by atoms with Gasteiger partial charge in [-0.3, -0.25) is 4.90 Å². The first-order valence-corrected chi connectivity index (χ1v) is 9.33. The molecule has 1 saturated heterocycles. The van der Waals surface area contributed by atoms with Gasteiger partial charge in [-0.05, 0) is 36.4 Å². The van der Waals surface area contributed by atoms with Gasteiger partial charge in [0.05, 0.1) is 10.6 Å². The third-order valence-electron chi connectivity index (χ3n) is 4.97. The SMILES string of the molecule is FC1(F)N(c2ccccc2)[C@H]2O[C@]1(c1ccc(Cl)cc1Cl)Oc1ccccc12. The lowest BCUT2D eigenvalue weighted by atomic mass is 10.0. The van der Waals surface area contributed by atoms with Crippen LogP contribution in [0.2, 0.25) is 10.0 Å². The van der Waals surface area contributed by atoms with Crippen LogP contribution in [0.15, 0.2) is 72.8 Å². The molecule has 28 heavy (non-hydrogen) atoms. The van der Waals surface area contributed by atoms with Crippen LogP contribution in [0, 0.1) is 0 Å². The Balaban J connectivity index is 1.78. The van der Waals surface area contributed by atoms with Crippen LogP contribution in [0.25, 0.3) is 0 Å². The lowest BCUT2D eigenvalue weighted by Gasteiger charge is -2.36. The van der Waals surface area contributed by atoms with Gasteiger partial charge in [0.25, 0.3) is 0 Å². The molecule has 5 rings (SSSR count). The Labute approximate surface area is 170 Å². The van der Waals surface area contributed by atoms with E-state index in [1.165, 1.54) is 18.2 Å². The molecule has 2 aliphatic heterocycles. The number of anilines is 1. The van der Waals surface area contributed by atoms with Gasteiger partial charge in [-0.15, -0.1) is 0 Å². The van der Waals surface area contributed by atoms with Gasteiger partial charge in [0.1, 0.15) is 5.75 Å². The molecule has 3 aromatic carbocycles. The molecule has 0 radical (unpaired) electrons. The summed E-state index contributed by atoms with van der Waals surface area (Å²) in [5.41, 5.74) is 0.843. The molecule has 3 nitrogen and oxygen atoms in total. The van der Waals surface area contributed by atoms with E-state index in [9.17, 15) is 0 Å². The topological polar surface area (TPSA) is 21.7 Å². The largest absolute Gasteiger partial charge is 0.450 e. The van der Waals surface area contributed by atoms with E-state index < -0.39 is 18.1 Å². The van der Waals surface area contributed by atoms with E-state index in [-0.39, 0.29) is 10.6 Å². The molecule has 0 saturated carbocycles. The Morgan fingerprint density at radius 3 is 2.36 bits per heavy atom. The zero-order valence-electron chi connectivity index (χ0n) is 14.3. The molecule has 1 fully saturated rings. The number of benzene rings is 3. The zero-order chi connectivity index (χ0) is 19.5. The van der Waals surface area contributed by atoms with Gasteiger partial charge >= 0.3 is 11.8 Å². The lowest BCUT2D eigenvalue weighted by molar-refractivity contribution is -0.280. The summed E-state index contributed by atoms with van der Waals surface area (Å²) in [6, 6.07) is 16.0. The van der Waals surface area contributed by atoms with Crippen molar-refractivity contribution in [2.45, 2.75) is 18.1 Å². The van der Waals surface area contributed by atoms with E-state index in [0.717, 1.165) is 4.90 Å². The van der Waals surface area contributed by atoms with Crippen molar-refractivity contribution in [1.29, 1.82) is 0 Å². The molecular weight excluding hydrogens is 407 g/mol. The van der Waals surface area contributed by atoms with Crippen molar-refractivity contribution < 1.29 is 18.3 Å². The zero-order valence-corrected chi connectivity index (χ0v) is 15.8. The molecule has 0 unspecified atom stereocenters. The summed E-state index contributed by atoms with van der Waals surface area (Å²) >= 11 is 12.3. The highest BCUT2D eigenvalue weighted by Gasteiger charge is 2.74. The molecule has 142 valence electrons. The molecule has 0 N–H and O–H groups in total. The minimum absolute atomic E-state index is 0.0153. The van der Waals surface area contributed by atoms with E-state index in [1.54, 1.807) is 54.6 Å². The van der Waals surface area contributed by atoms with Crippen LogP contribution in [0.4, 0.5) is 14.5 Å². The van der Waals surface area contributed by atoms with Crippen LogP contribution < -0.4 is 9.64 Å². The minimum Gasteiger partial charge on any atom is -0.450 e. The Morgan fingerprint density at radius 2 is 1.61 bits per heavy atom. The maximum atomic E-state index is 16.0. The highest BCUT2D eigenvalue weighted by molar-refractivity contribution is 6.35. The molecular formula is C21H13Cl2F2NO2. The van der Waals surface area contributed by atoms with E-state index in [4.69, 9.17) is 32.7 Å². The van der Waals surface area contributed by atoms with Crippen LogP contribution in [0.1, 0.15) is 17.4 Å². The second-order valence-electron chi connectivity index (χ2n) is 6.60. The highest BCUT2D eigenvalue weighted by Crippen LogP contribution is 2.62. The summed E-state index contributed by atoms with van der Waals surface area (Å²) in [7, 11) is 0. The predicted molar refractivity (Wildman–Crippen MR) is 103 cm³/mol. The number of para-hydroxylation sites is 2. The lowest BCUT2D eigenvalue weighted by Crippen LogP contribution is -2.53. The van der Waals surface area contributed by atoms with E-state index in [0.29, 0.717) is 22.0 Å². The van der Waals surface area contributed by atoms with Gasteiger partial charge in [-0.2, -0.15) is 8.78 Å². The fourth-order valence-electron chi connectivity index (χ4n) is 3.73. The van der Waals surface area contributed by atoms with Crippen LogP contribution >= 0.6 is 23.2 Å². The van der Waals surface area contributed by atoms with Gasteiger partial charge in [0.2, 0.25) is 0 Å². The van der Waals surface area contributed by atoms with Crippen LogP contribution in [-0.4, -0.2) is 6.05 Å². The molecule has 0 amide bonds. The van der Waals surface area contributed by atoms with Gasteiger partial charge in [-0.25, -0.2) is 0 Å². The minimum atomic E-state index is -3.56. The van der Waals surface area contributed by atoms with Crippen LogP contribution in [0.5, 0.6) is 5.75 Å². The predicted octanol–water partition coefficient (Wildman–Crippen LogP) is 6.37. The van der Waals surface area contributed by atoms with Crippen molar-refractivity contribution in [2.24, 2.45) is 0 Å². The maximum Gasteiger partial charge on any atom is 0.397 e. The van der Waals surface area contributed by atoms with Crippen LogP contribution in [-0.2, 0) is 10.5 Å². The fourth-order valence-corrected chi connectivity index (χ4v) is 4.26. The van der Waals surface area contributed by atoms with Crippen molar-refractivity contribution in [3.05, 3.63) is 94.0 Å². The van der Waals surface area contributed by atoms with E-state index in [2.05, 4.69) is 0 Å². The van der Waals surface area contributed by atoms with Crippen molar-refractivity contribution in [3.63, 3.8) is 0 Å².